The predicted octanol–water partition coefficient (Wildman–Crippen LogP) is 2.39. The van der Waals surface area contributed by atoms with Crippen molar-refractivity contribution in [2.75, 3.05) is 5.32 Å². The fraction of sp³-hybridized carbons (Fsp3) is 0.583. The van der Waals surface area contributed by atoms with Crippen LogP contribution in [0.2, 0.25) is 0 Å². The monoisotopic (exact) mass is 237 g/mol. The number of anilines is 1. The number of aromatic carboxylic acids is 1. The molecule has 0 fully saturated rings. The van der Waals surface area contributed by atoms with Gasteiger partial charge in [0.05, 0.1) is 5.69 Å². The SMILES string of the molecule is CCC(CC)Nc1nnc(C)c(C)c1C(=O)O. The van der Waals surface area contributed by atoms with Crippen LogP contribution in [0.25, 0.3) is 0 Å². The molecular formula is C12H19N3O2. The molecule has 0 amide bonds. The maximum absolute atomic E-state index is 11.2. The molecule has 1 rings (SSSR count). The van der Waals surface area contributed by atoms with E-state index < -0.39 is 5.97 Å². The maximum Gasteiger partial charge on any atom is 0.339 e. The summed E-state index contributed by atoms with van der Waals surface area (Å²) in [5.74, 6) is -0.594. The number of aryl methyl sites for hydroxylation is 1. The lowest BCUT2D eigenvalue weighted by atomic mass is 10.1. The van der Waals surface area contributed by atoms with Crippen molar-refractivity contribution in [1.82, 2.24) is 10.2 Å². The highest BCUT2D eigenvalue weighted by atomic mass is 16.4. The fourth-order valence-corrected chi connectivity index (χ4v) is 1.66. The molecular weight excluding hydrogens is 218 g/mol. The summed E-state index contributed by atoms with van der Waals surface area (Å²) in [6, 6.07) is 0.226. The number of hydrogen-bond donors (Lipinski definition) is 2. The summed E-state index contributed by atoms with van der Waals surface area (Å²) in [7, 11) is 0. The topological polar surface area (TPSA) is 75.1 Å². The molecule has 1 aromatic heterocycles. The quantitative estimate of drug-likeness (QED) is 0.822. The van der Waals surface area contributed by atoms with Gasteiger partial charge < -0.3 is 10.4 Å². The van der Waals surface area contributed by atoms with E-state index in [4.69, 9.17) is 0 Å². The summed E-state index contributed by atoms with van der Waals surface area (Å²) >= 11 is 0. The van der Waals surface area contributed by atoms with Crippen molar-refractivity contribution in [2.24, 2.45) is 0 Å². The molecule has 5 nitrogen and oxygen atoms in total. The van der Waals surface area contributed by atoms with Crippen molar-refractivity contribution in [3.05, 3.63) is 16.8 Å². The average molecular weight is 237 g/mol. The van der Waals surface area contributed by atoms with Crippen LogP contribution in [0.4, 0.5) is 5.82 Å². The Morgan fingerprint density at radius 1 is 1.29 bits per heavy atom. The minimum Gasteiger partial charge on any atom is -0.478 e. The van der Waals surface area contributed by atoms with Crippen molar-refractivity contribution in [3.63, 3.8) is 0 Å². The summed E-state index contributed by atoms with van der Waals surface area (Å²) in [5.41, 5.74) is 1.54. The summed E-state index contributed by atoms with van der Waals surface area (Å²) in [6.07, 6.45) is 1.84. The molecule has 0 bridgehead atoms. The van der Waals surface area contributed by atoms with Gasteiger partial charge in [-0.05, 0) is 32.3 Å². The number of hydrogen-bond acceptors (Lipinski definition) is 4. The molecule has 5 heteroatoms. The summed E-state index contributed by atoms with van der Waals surface area (Å²) in [5, 5.41) is 20.3. The zero-order chi connectivity index (χ0) is 13.0. The van der Waals surface area contributed by atoms with Gasteiger partial charge in [-0.2, -0.15) is 5.10 Å². The first-order valence-corrected chi connectivity index (χ1v) is 5.84. The first-order valence-electron chi connectivity index (χ1n) is 5.84. The van der Waals surface area contributed by atoms with Gasteiger partial charge in [-0.25, -0.2) is 4.79 Å². The van der Waals surface area contributed by atoms with Gasteiger partial charge in [-0.1, -0.05) is 13.8 Å². The lowest BCUT2D eigenvalue weighted by Gasteiger charge is -2.17. The van der Waals surface area contributed by atoms with E-state index in [1.165, 1.54) is 0 Å². The molecule has 0 unspecified atom stereocenters. The molecule has 0 aliphatic rings. The van der Waals surface area contributed by atoms with Crippen LogP contribution < -0.4 is 5.32 Å². The molecule has 0 saturated carbocycles. The minimum atomic E-state index is -0.964. The van der Waals surface area contributed by atoms with E-state index in [9.17, 15) is 9.90 Å². The number of carboxylic acid groups (broad SMARTS) is 1. The van der Waals surface area contributed by atoms with Crippen LogP contribution in [0, 0.1) is 13.8 Å². The first-order chi connectivity index (χ1) is 8.01. The normalized spacial score (nSPS) is 10.6. The van der Waals surface area contributed by atoms with Crippen LogP contribution in [-0.4, -0.2) is 27.3 Å². The highest BCUT2D eigenvalue weighted by molar-refractivity contribution is 5.94. The van der Waals surface area contributed by atoms with Crippen molar-refractivity contribution in [1.29, 1.82) is 0 Å². The Bertz CT molecular complexity index is 414. The average Bonchev–Trinajstić information content (AvgIpc) is 2.30. The Morgan fingerprint density at radius 3 is 2.35 bits per heavy atom. The standard InChI is InChI=1S/C12H19N3O2/c1-5-9(6-2)13-11-10(12(16)17)7(3)8(4)14-15-11/h9H,5-6H2,1-4H3,(H,13,15)(H,16,17). The van der Waals surface area contributed by atoms with Gasteiger partial charge in [0, 0.05) is 6.04 Å². The molecule has 1 heterocycles. The van der Waals surface area contributed by atoms with Crippen LogP contribution >= 0.6 is 0 Å². The van der Waals surface area contributed by atoms with Crippen LogP contribution in [0.3, 0.4) is 0 Å². The number of aromatic nitrogens is 2. The van der Waals surface area contributed by atoms with E-state index >= 15 is 0 Å². The number of nitrogens with zero attached hydrogens (tertiary/aromatic N) is 2. The Labute approximate surface area is 101 Å². The largest absolute Gasteiger partial charge is 0.478 e. The summed E-state index contributed by atoms with van der Waals surface area (Å²) in [6.45, 7) is 7.62. The highest BCUT2D eigenvalue weighted by Crippen LogP contribution is 2.20. The van der Waals surface area contributed by atoms with E-state index in [1.54, 1.807) is 13.8 Å². The van der Waals surface area contributed by atoms with Crippen LogP contribution in [0.5, 0.6) is 0 Å². The Balaban J connectivity index is 3.15. The number of carboxylic acids is 1. The van der Waals surface area contributed by atoms with Crippen LogP contribution in [-0.2, 0) is 0 Å². The smallest absolute Gasteiger partial charge is 0.339 e. The summed E-state index contributed by atoms with van der Waals surface area (Å²) < 4.78 is 0. The Morgan fingerprint density at radius 2 is 1.88 bits per heavy atom. The Hall–Kier alpha value is -1.65. The zero-order valence-electron chi connectivity index (χ0n) is 10.7. The van der Waals surface area contributed by atoms with Gasteiger partial charge in [-0.15, -0.1) is 5.10 Å². The van der Waals surface area contributed by atoms with E-state index in [0.717, 1.165) is 12.8 Å². The molecule has 0 spiro atoms. The van der Waals surface area contributed by atoms with Gasteiger partial charge >= 0.3 is 5.97 Å². The molecule has 0 aliphatic heterocycles. The van der Waals surface area contributed by atoms with Gasteiger partial charge in [0.2, 0.25) is 0 Å². The second-order valence-corrected chi connectivity index (χ2v) is 4.10. The van der Waals surface area contributed by atoms with E-state index in [-0.39, 0.29) is 11.6 Å². The summed E-state index contributed by atoms with van der Waals surface area (Å²) in [4.78, 5) is 11.2. The molecule has 17 heavy (non-hydrogen) atoms. The second kappa shape index (κ2) is 5.61. The zero-order valence-corrected chi connectivity index (χ0v) is 10.7. The maximum atomic E-state index is 11.2. The van der Waals surface area contributed by atoms with Crippen molar-refractivity contribution >= 4 is 11.8 Å². The molecule has 94 valence electrons. The number of carbonyl (C=O) groups is 1. The van der Waals surface area contributed by atoms with E-state index in [2.05, 4.69) is 29.4 Å². The van der Waals surface area contributed by atoms with Crippen molar-refractivity contribution < 1.29 is 9.90 Å². The lowest BCUT2D eigenvalue weighted by Crippen LogP contribution is -2.21. The number of rotatable bonds is 5. The molecule has 0 radical (unpaired) electrons. The van der Waals surface area contributed by atoms with Gasteiger partial charge in [0.1, 0.15) is 5.56 Å². The minimum absolute atomic E-state index is 0.226. The van der Waals surface area contributed by atoms with Gasteiger partial charge in [-0.3, -0.25) is 0 Å². The third-order valence-corrected chi connectivity index (χ3v) is 2.99. The molecule has 0 aliphatic carbocycles. The molecule has 2 N–H and O–H groups in total. The third kappa shape index (κ3) is 2.93. The van der Waals surface area contributed by atoms with Crippen LogP contribution in [0.15, 0.2) is 0 Å². The van der Waals surface area contributed by atoms with Crippen molar-refractivity contribution in [2.45, 2.75) is 46.6 Å². The second-order valence-electron chi connectivity index (χ2n) is 4.10. The van der Waals surface area contributed by atoms with Gasteiger partial charge in [0.15, 0.2) is 5.82 Å². The predicted molar refractivity (Wildman–Crippen MR) is 66.5 cm³/mol. The fourth-order valence-electron chi connectivity index (χ4n) is 1.66. The lowest BCUT2D eigenvalue weighted by molar-refractivity contribution is 0.0696. The van der Waals surface area contributed by atoms with E-state index in [0.29, 0.717) is 17.1 Å². The van der Waals surface area contributed by atoms with E-state index in [1.807, 2.05) is 0 Å². The first kappa shape index (κ1) is 13.4. The van der Waals surface area contributed by atoms with Gasteiger partial charge in [0.25, 0.3) is 0 Å². The number of nitrogens with one attached hydrogen (secondary N) is 1. The van der Waals surface area contributed by atoms with Crippen molar-refractivity contribution in [3.8, 4) is 0 Å². The molecule has 1 aromatic rings. The third-order valence-electron chi connectivity index (χ3n) is 2.99. The Kier molecular flexibility index (Phi) is 4.43. The molecule has 0 aromatic carbocycles. The van der Waals surface area contributed by atoms with Crippen LogP contribution in [0.1, 0.15) is 48.3 Å². The molecule has 0 saturated heterocycles. The molecule has 0 atom stereocenters. The highest BCUT2D eigenvalue weighted by Gasteiger charge is 2.19.